The lowest BCUT2D eigenvalue weighted by Gasteiger charge is -2.33. The Balaban J connectivity index is 1.32. The molecule has 0 spiro atoms. The Labute approximate surface area is 200 Å². The maximum Gasteiger partial charge on any atom is 0.315 e. The van der Waals surface area contributed by atoms with Crippen LogP contribution in [0.2, 0.25) is 0 Å². The van der Waals surface area contributed by atoms with Gasteiger partial charge in [-0.05, 0) is 74.9 Å². The van der Waals surface area contributed by atoms with E-state index in [0.29, 0.717) is 24.7 Å². The Hall–Kier alpha value is -2.54. The van der Waals surface area contributed by atoms with E-state index in [1.54, 1.807) is 6.20 Å². The number of rotatable bonds is 5. The van der Waals surface area contributed by atoms with Crippen LogP contribution in [0, 0.1) is 13.8 Å². The van der Waals surface area contributed by atoms with Crippen molar-refractivity contribution in [2.24, 2.45) is 0 Å². The van der Waals surface area contributed by atoms with Crippen molar-refractivity contribution in [1.29, 1.82) is 0 Å². The molecule has 1 aliphatic carbocycles. The molecule has 1 aliphatic heterocycles. The molecule has 1 aromatic heterocycles. The highest BCUT2D eigenvalue weighted by atomic mass is 32.2. The van der Waals surface area contributed by atoms with Crippen molar-refractivity contribution < 1.29 is 9.59 Å². The average molecular weight is 467 g/mol. The van der Waals surface area contributed by atoms with Crippen LogP contribution in [0.3, 0.4) is 0 Å². The standard InChI is InChI=1S/C26H34N4O2S/c1-18-10-11-22(17-19(18)2)33-24-23(9-6-14-27-24)25(31)30-15-12-21(13-16-30)29-26(32)28-20-7-4-3-5-8-20/h6,9-11,14,17,20-21H,3-5,7-8,12-13,15-16H2,1-2H3,(H2,28,29,32). The zero-order valence-electron chi connectivity index (χ0n) is 19.6. The fourth-order valence-corrected chi connectivity index (χ4v) is 5.55. The minimum Gasteiger partial charge on any atom is -0.338 e. The number of aryl methyl sites for hydroxylation is 2. The van der Waals surface area contributed by atoms with E-state index in [9.17, 15) is 9.59 Å². The molecule has 1 aromatic carbocycles. The largest absolute Gasteiger partial charge is 0.338 e. The monoisotopic (exact) mass is 466 g/mol. The first kappa shape index (κ1) is 23.6. The second kappa shape index (κ2) is 11.1. The first-order valence-corrected chi connectivity index (χ1v) is 12.9. The number of likely N-dealkylation sites (tertiary alicyclic amines) is 1. The molecule has 0 bridgehead atoms. The molecule has 0 radical (unpaired) electrons. The van der Waals surface area contributed by atoms with Gasteiger partial charge in [0.2, 0.25) is 0 Å². The number of piperidine rings is 1. The second-order valence-corrected chi connectivity index (χ2v) is 10.3. The number of amides is 3. The number of carbonyl (C=O) groups is 2. The van der Waals surface area contributed by atoms with Gasteiger partial charge in [0.05, 0.1) is 5.56 Å². The topological polar surface area (TPSA) is 74.3 Å². The summed E-state index contributed by atoms with van der Waals surface area (Å²) in [7, 11) is 0. The van der Waals surface area contributed by atoms with Crippen molar-refractivity contribution in [3.8, 4) is 0 Å². The van der Waals surface area contributed by atoms with Gasteiger partial charge in [0.1, 0.15) is 5.03 Å². The summed E-state index contributed by atoms with van der Waals surface area (Å²) in [6, 6.07) is 10.3. The molecule has 3 amide bonds. The Morgan fingerprint density at radius 2 is 1.64 bits per heavy atom. The van der Waals surface area contributed by atoms with Crippen LogP contribution in [0.5, 0.6) is 0 Å². The SMILES string of the molecule is Cc1ccc(Sc2ncccc2C(=O)N2CCC(NC(=O)NC3CCCCC3)CC2)cc1C. The number of hydrogen-bond donors (Lipinski definition) is 2. The quantitative estimate of drug-likeness (QED) is 0.644. The number of benzene rings is 1. The molecule has 4 rings (SSSR count). The first-order chi connectivity index (χ1) is 16.0. The molecular formula is C26H34N4O2S. The molecule has 2 fully saturated rings. The van der Waals surface area contributed by atoms with E-state index in [2.05, 4.69) is 47.7 Å². The summed E-state index contributed by atoms with van der Waals surface area (Å²) < 4.78 is 0. The lowest BCUT2D eigenvalue weighted by atomic mass is 9.96. The highest BCUT2D eigenvalue weighted by Gasteiger charge is 2.27. The van der Waals surface area contributed by atoms with Gasteiger partial charge in [0.15, 0.2) is 0 Å². The van der Waals surface area contributed by atoms with Crippen molar-refractivity contribution >= 4 is 23.7 Å². The summed E-state index contributed by atoms with van der Waals surface area (Å²) >= 11 is 1.53. The minimum atomic E-state index is -0.0639. The predicted octanol–water partition coefficient (Wildman–Crippen LogP) is 5.09. The van der Waals surface area contributed by atoms with E-state index >= 15 is 0 Å². The number of hydrogen-bond acceptors (Lipinski definition) is 4. The number of nitrogens with zero attached hydrogens (tertiary/aromatic N) is 2. The van der Waals surface area contributed by atoms with Crippen LogP contribution in [0.25, 0.3) is 0 Å². The van der Waals surface area contributed by atoms with Gasteiger partial charge in [0, 0.05) is 36.3 Å². The van der Waals surface area contributed by atoms with E-state index in [0.717, 1.165) is 35.6 Å². The van der Waals surface area contributed by atoms with Gasteiger partial charge < -0.3 is 15.5 Å². The Morgan fingerprint density at radius 1 is 0.939 bits per heavy atom. The van der Waals surface area contributed by atoms with Crippen LogP contribution in [0.1, 0.15) is 66.4 Å². The van der Waals surface area contributed by atoms with E-state index < -0.39 is 0 Å². The lowest BCUT2D eigenvalue weighted by Crippen LogP contribution is -2.51. The van der Waals surface area contributed by atoms with Crippen LogP contribution in [-0.2, 0) is 0 Å². The van der Waals surface area contributed by atoms with Crippen LogP contribution >= 0.6 is 11.8 Å². The van der Waals surface area contributed by atoms with Crippen molar-refractivity contribution in [3.05, 3.63) is 53.2 Å². The first-order valence-electron chi connectivity index (χ1n) is 12.1. The molecule has 0 unspecified atom stereocenters. The maximum absolute atomic E-state index is 13.3. The molecule has 7 heteroatoms. The van der Waals surface area contributed by atoms with E-state index in [-0.39, 0.29) is 18.0 Å². The summed E-state index contributed by atoms with van der Waals surface area (Å²) in [5.41, 5.74) is 3.12. The van der Waals surface area contributed by atoms with Crippen molar-refractivity contribution in [1.82, 2.24) is 20.5 Å². The van der Waals surface area contributed by atoms with Crippen molar-refractivity contribution in [2.45, 2.75) is 80.8 Å². The highest BCUT2D eigenvalue weighted by molar-refractivity contribution is 7.99. The highest BCUT2D eigenvalue weighted by Crippen LogP contribution is 2.31. The Kier molecular flexibility index (Phi) is 7.91. The molecule has 1 saturated heterocycles. The molecule has 33 heavy (non-hydrogen) atoms. The van der Waals surface area contributed by atoms with Crippen LogP contribution < -0.4 is 10.6 Å². The van der Waals surface area contributed by atoms with Crippen LogP contribution in [0.4, 0.5) is 4.79 Å². The minimum absolute atomic E-state index is 0.0135. The van der Waals surface area contributed by atoms with E-state index in [1.165, 1.54) is 42.2 Å². The van der Waals surface area contributed by atoms with Gasteiger partial charge in [0.25, 0.3) is 5.91 Å². The van der Waals surface area contributed by atoms with E-state index in [1.807, 2.05) is 17.0 Å². The van der Waals surface area contributed by atoms with Gasteiger partial charge in [-0.15, -0.1) is 0 Å². The number of nitrogens with one attached hydrogen (secondary N) is 2. The Bertz CT molecular complexity index is 982. The molecule has 176 valence electrons. The predicted molar refractivity (Wildman–Crippen MR) is 132 cm³/mol. The zero-order valence-corrected chi connectivity index (χ0v) is 20.4. The van der Waals surface area contributed by atoms with Gasteiger partial charge >= 0.3 is 6.03 Å². The summed E-state index contributed by atoms with van der Waals surface area (Å²) in [6.45, 7) is 5.46. The fraction of sp³-hybridized carbons (Fsp3) is 0.500. The summed E-state index contributed by atoms with van der Waals surface area (Å²) in [4.78, 5) is 33.1. The number of pyridine rings is 1. The van der Waals surface area contributed by atoms with Gasteiger partial charge in [-0.25, -0.2) is 9.78 Å². The number of carbonyl (C=O) groups excluding carboxylic acids is 2. The second-order valence-electron chi connectivity index (χ2n) is 9.22. The molecule has 6 nitrogen and oxygen atoms in total. The normalized spacial score (nSPS) is 17.6. The zero-order chi connectivity index (χ0) is 23.2. The molecule has 0 atom stereocenters. The third-order valence-electron chi connectivity index (χ3n) is 6.75. The van der Waals surface area contributed by atoms with Crippen LogP contribution in [-0.4, -0.2) is 47.0 Å². The van der Waals surface area contributed by atoms with Gasteiger partial charge in [-0.3, -0.25) is 4.79 Å². The van der Waals surface area contributed by atoms with Crippen LogP contribution in [0.15, 0.2) is 46.5 Å². The molecular weight excluding hydrogens is 432 g/mol. The van der Waals surface area contributed by atoms with Crippen molar-refractivity contribution in [2.75, 3.05) is 13.1 Å². The van der Waals surface area contributed by atoms with E-state index in [4.69, 9.17) is 0 Å². The van der Waals surface area contributed by atoms with Gasteiger partial charge in [-0.1, -0.05) is 37.1 Å². The Morgan fingerprint density at radius 3 is 2.33 bits per heavy atom. The smallest absolute Gasteiger partial charge is 0.315 e. The molecule has 2 aliphatic rings. The molecule has 1 saturated carbocycles. The lowest BCUT2D eigenvalue weighted by molar-refractivity contribution is 0.0704. The molecule has 2 N–H and O–H groups in total. The number of urea groups is 1. The summed E-state index contributed by atoms with van der Waals surface area (Å²) in [5.74, 6) is 0.0135. The average Bonchev–Trinajstić information content (AvgIpc) is 2.82. The fourth-order valence-electron chi connectivity index (χ4n) is 4.58. The molecule has 2 heterocycles. The maximum atomic E-state index is 13.3. The summed E-state index contributed by atoms with van der Waals surface area (Å²) in [6.07, 6.45) is 9.10. The summed E-state index contributed by atoms with van der Waals surface area (Å²) in [5, 5.41) is 6.97. The van der Waals surface area contributed by atoms with Crippen molar-refractivity contribution in [3.63, 3.8) is 0 Å². The number of aromatic nitrogens is 1. The third-order valence-corrected chi connectivity index (χ3v) is 7.76. The third kappa shape index (κ3) is 6.28. The van der Waals surface area contributed by atoms with Gasteiger partial charge in [-0.2, -0.15) is 0 Å². The molecule has 2 aromatic rings.